The third kappa shape index (κ3) is 5.68. The molecule has 2 aromatic rings. The number of benzene rings is 2. The van der Waals surface area contributed by atoms with E-state index in [1.807, 2.05) is 23.1 Å². The maximum atomic E-state index is 12.7. The number of carbonyl (C=O) groups excluding carboxylic acids is 1. The molecule has 1 aliphatic heterocycles. The van der Waals surface area contributed by atoms with Crippen LogP contribution < -0.4 is 4.31 Å². The van der Waals surface area contributed by atoms with Gasteiger partial charge in [0, 0.05) is 45.3 Å². The van der Waals surface area contributed by atoms with Crippen molar-refractivity contribution in [3.05, 3.63) is 71.8 Å². The van der Waals surface area contributed by atoms with Gasteiger partial charge in [-0.25, -0.2) is 8.42 Å². The number of sulfonamides is 1. The molecule has 0 aromatic heterocycles. The number of hydrogen-bond donors (Lipinski definition) is 0. The van der Waals surface area contributed by atoms with Gasteiger partial charge in [-0.3, -0.25) is 14.0 Å². The highest BCUT2D eigenvalue weighted by Gasteiger charge is 2.22. The Morgan fingerprint density at radius 3 is 2.21 bits per heavy atom. The maximum absolute atomic E-state index is 12.7. The first-order chi connectivity index (χ1) is 13.8. The molecule has 3 rings (SSSR count). The van der Waals surface area contributed by atoms with Gasteiger partial charge in [-0.15, -0.1) is 0 Å². The van der Waals surface area contributed by atoms with Crippen LogP contribution in [0, 0.1) is 0 Å². The van der Waals surface area contributed by atoms with Crippen LogP contribution in [0.5, 0.6) is 0 Å². The van der Waals surface area contributed by atoms with Crippen LogP contribution in [0.1, 0.15) is 15.9 Å². The zero-order valence-corrected chi connectivity index (χ0v) is 17.7. The normalized spacial score (nSPS) is 15.6. The summed E-state index contributed by atoms with van der Waals surface area (Å²) in [6, 6.07) is 16.9. The fourth-order valence-electron chi connectivity index (χ4n) is 3.22. The van der Waals surface area contributed by atoms with Crippen molar-refractivity contribution in [2.75, 3.05) is 50.3 Å². The number of anilines is 1. The summed E-state index contributed by atoms with van der Waals surface area (Å²) >= 11 is 0. The lowest BCUT2D eigenvalue weighted by atomic mass is 10.1. The molecule has 1 amide bonds. The maximum Gasteiger partial charge on any atom is 0.253 e. The number of nitrogens with zero attached hydrogens (tertiary/aromatic N) is 3. The molecule has 0 atom stereocenters. The minimum absolute atomic E-state index is 0.0157. The van der Waals surface area contributed by atoms with Crippen LogP contribution in [0.4, 0.5) is 5.69 Å². The van der Waals surface area contributed by atoms with E-state index in [1.54, 1.807) is 24.3 Å². The summed E-state index contributed by atoms with van der Waals surface area (Å²) in [5.74, 6) is -0.0157. The first-order valence-electron chi connectivity index (χ1n) is 9.62. The van der Waals surface area contributed by atoms with E-state index in [0.717, 1.165) is 25.9 Å². The molecule has 1 fully saturated rings. The van der Waals surface area contributed by atoms with Gasteiger partial charge >= 0.3 is 0 Å². The summed E-state index contributed by atoms with van der Waals surface area (Å²) in [6.45, 7) is 3.90. The van der Waals surface area contributed by atoms with Gasteiger partial charge in [-0.1, -0.05) is 42.5 Å². The lowest BCUT2D eigenvalue weighted by Gasteiger charge is -2.34. The molecular weight excluding hydrogens is 386 g/mol. The van der Waals surface area contributed by atoms with Gasteiger partial charge in [0.05, 0.1) is 11.9 Å². The molecule has 29 heavy (non-hydrogen) atoms. The van der Waals surface area contributed by atoms with Gasteiger partial charge in [0.25, 0.3) is 5.91 Å². The van der Waals surface area contributed by atoms with E-state index in [1.165, 1.54) is 16.9 Å². The standard InChI is InChI=1S/C22H27N3O3S/c1-23(29(2,27)28)21-12-10-20(11-13-21)22(26)25-17-15-24(16-18-25)14-6-9-19-7-4-3-5-8-19/h3-13H,14-18H2,1-2H3/b9-6+. The van der Waals surface area contributed by atoms with Crippen molar-refractivity contribution in [2.24, 2.45) is 0 Å². The van der Waals surface area contributed by atoms with Crippen molar-refractivity contribution in [2.45, 2.75) is 0 Å². The van der Waals surface area contributed by atoms with Crippen LogP contribution in [-0.2, 0) is 10.0 Å². The molecule has 154 valence electrons. The Balaban J connectivity index is 1.51. The van der Waals surface area contributed by atoms with Crippen LogP contribution in [0.15, 0.2) is 60.7 Å². The Kier molecular flexibility index (Phi) is 6.71. The monoisotopic (exact) mass is 413 g/mol. The van der Waals surface area contributed by atoms with E-state index < -0.39 is 10.0 Å². The molecule has 6 nitrogen and oxygen atoms in total. The number of rotatable bonds is 6. The Morgan fingerprint density at radius 2 is 1.62 bits per heavy atom. The Morgan fingerprint density at radius 1 is 1.00 bits per heavy atom. The van der Waals surface area contributed by atoms with E-state index in [2.05, 4.69) is 29.2 Å². The Labute approximate surface area is 173 Å². The summed E-state index contributed by atoms with van der Waals surface area (Å²) in [5.41, 5.74) is 2.30. The van der Waals surface area contributed by atoms with Crippen molar-refractivity contribution in [3.63, 3.8) is 0 Å². The lowest BCUT2D eigenvalue weighted by molar-refractivity contribution is 0.0650. The van der Waals surface area contributed by atoms with E-state index in [-0.39, 0.29) is 5.91 Å². The lowest BCUT2D eigenvalue weighted by Crippen LogP contribution is -2.48. The summed E-state index contributed by atoms with van der Waals surface area (Å²) in [7, 11) is -1.82. The third-order valence-corrected chi connectivity index (χ3v) is 6.31. The minimum Gasteiger partial charge on any atom is -0.336 e. The van der Waals surface area contributed by atoms with E-state index >= 15 is 0 Å². The van der Waals surface area contributed by atoms with Crippen LogP contribution in [0.2, 0.25) is 0 Å². The highest BCUT2D eigenvalue weighted by molar-refractivity contribution is 7.92. The second kappa shape index (κ2) is 9.24. The number of carbonyl (C=O) groups is 1. The quantitative estimate of drug-likeness (QED) is 0.730. The topological polar surface area (TPSA) is 60.9 Å². The molecular formula is C22H27N3O3S. The van der Waals surface area contributed by atoms with Crippen LogP contribution in [0.25, 0.3) is 6.08 Å². The highest BCUT2D eigenvalue weighted by atomic mass is 32.2. The molecule has 1 heterocycles. The molecule has 1 saturated heterocycles. The molecule has 1 aliphatic rings. The predicted octanol–water partition coefficient (Wildman–Crippen LogP) is 2.55. The van der Waals surface area contributed by atoms with Crippen molar-refractivity contribution < 1.29 is 13.2 Å². The second-order valence-electron chi connectivity index (χ2n) is 7.18. The highest BCUT2D eigenvalue weighted by Crippen LogP contribution is 2.18. The van der Waals surface area contributed by atoms with Gasteiger partial charge in [-0.2, -0.15) is 0 Å². The van der Waals surface area contributed by atoms with Gasteiger partial charge in [-0.05, 0) is 29.8 Å². The summed E-state index contributed by atoms with van der Waals surface area (Å²) in [4.78, 5) is 16.9. The van der Waals surface area contributed by atoms with Crippen molar-refractivity contribution in [1.82, 2.24) is 9.80 Å². The predicted molar refractivity (Wildman–Crippen MR) is 118 cm³/mol. The number of piperazine rings is 1. The minimum atomic E-state index is -3.31. The van der Waals surface area contributed by atoms with Crippen molar-refractivity contribution in [3.8, 4) is 0 Å². The van der Waals surface area contributed by atoms with E-state index in [0.29, 0.717) is 24.3 Å². The molecule has 0 bridgehead atoms. The fourth-order valence-corrected chi connectivity index (χ4v) is 3.73. The zero-order chi connectivity index (χ0) is 20.9. The largest absolute Gasteiger partial charge is 0.336 e. The van der Waals surface area contributed by atoms with Crippen molar-refractivity contribution in [1.29, 1.82) is 0 Å². The Bertz CT molecular complexity index is 949. The molecule has 0 saturated carbocycles. The molecule has 0 radical (unpaired) electrons. The third-order valence-electron chi connectivity index (χ3n) is 5.11. The van der Waals surface area contributed by atoms with Crippen molar-refractivity contribution >= 4 is 27.7 Å². The average molecular weight is 414 g/mol. The molecule has 0 N–H and O–H groups in total. The van der Waals surface area contributed by atoms with E-state index in [4.69, 9.17) is 0 Å². The molecule has 0 spiro atoms. The summed E-state index contributed by atoms with van der Waals surface area (Å²) in [5, 5.41) is 0. The van der Waals surface area contributed by atoms with Crippen LogP contribution >= 0.6 is 0 Å². The van der Waals surface area contributed by atoms with Gasteiger partial charge in [0.1, 0.15) is 0 Å². The van der Waals surface area contributed by atoms with Gasteiger partial charge in [0.2, 0.25) is 10.0 Å². The van der Waals surface area contributed by atoms with Gasteiger partial charge in [0.15, 0.2) is 0 Å². The van der Waals surface area contributed by atoms with E-state index in [9.17, 15) is 13.2 Å². The Hall–Kier alpha value is -2.64. The first-order valence-corrected chi connectivity index (χ1v) is 11.5. The zero-order valence-electron chi connectivity index (χ0n) is 16.9. The molecule has 0 aliphatic carbocycles. The SMILES string of the molecule is CN(c1ccc(C(=O)N2CCN(C/C=C/c3ccccc3)CC2)cc1)S(C)(=O)=O. The average Bonchev–Trinajstić information content (AvgIpc) is 2.73. The first kappa shape index (κ1) is 21.1. The fraction of sp³-hybridized carbons (Fsp3) is 0.318. The molecule has 0 unspecified atom stereocenters. The smallest absolute Gasteiger partial charge is 0.253 e. The molecule has 2 aromatic carbocycles. The van der Waals surface area contributed by atoms with Crippen LogP contribution in [-0.4, -0.2) is 70.2 Å². The summed E-state index contributed by atoms with van der Waals surface area (Å²) in [6.07, 6.45) is 5.43. The van der Waals surface area contributed by atoms with Crippen LogP contribution in [0.3, 0.4) is 0 Å². The number of hydrogen-bond acceptors (Lipinski definition) is 4. The summed E-state index contributed by atoms with van der Waals surface area (Å²) < 4.78 is 24.4. The van der Waals surface area contributed by atoms with Gasteiger partial charge < -0.3 is 4.90 Å². The number of amides is 1. The molecule has 7 heteroatoms. The second-order valence-corrected chi connectivity index (χ2v) is 9.20.